The van der Waals surface area contributed by atoms with Gasteiger partial charge in [-0.3, -0.25) is 5.73 Å². The van der Waals surface area contributed by atoms with Crippen LogP contribution in [0, 0.1) is 0 Å². The van der Waals surface area contributed by atoms with Crippen molar-refractivity contribution in [1.29, 1.82) is 0 Å². The van der Waals surface area contributed by atoms with Crippen LogP contribution >= 0.6 is 11.8 Å². The number of nitrogens with one attached hydrogen (secondary N) is 1. The summed E-state index contributed by atoms with van der Waals surface area (Å²) in [6, 6.07) is 0. The highest BCUT2D eigenvalue weighted by Gasteiger charge is 2.38. The van der Waals surface area contributed by atoms with Gasteiger partial charge in [0.1, 0.15) is 0 Å². The Morgan fingerprint density at radius 2 is 2.20 bits per heavy atom. The van der Waals surface area contributed by atoms with Crippen molar-refractivity contribution in [2.75, 3.05) is 0 Å². The maximum absolute atomic E-state index is 10.7. The number of thioether (sulfide) groups is 1. The standard InChI is InChI=1S/C3H7N3O2S2/c4-3(10(5,7)8)6-1-2-9-3/h1-2,6H,4H2,(H2,5,7,8). The maximum Gasteiger partial charge on any atom is 0.257 e. The van der Waals surface area contributed by atoms with Gasteiger partial charge in [0.2, 0.25) is 0 Å². The number of nitrogens with two attached hydrogens (primary N) is 2. The molecule has 0 spiro atoms. The van der Waals surface area contributed by atoms with Crippen molar-refractivity contribution >= 4 is 21.8 Å². The minimum Gasteiger partial charge on any atom is -0.351 e. The molecule has 7 heteroatoms. The van der Waals surface area contributed by atoms with Gasteiger partial charge in [-0.05, 0) is 5.41 Å². The third-order valence-corrected chi connectivity index (χ3v) is 3.71. The number of primary sulfonamides is 1. The molecule has 5 N–H and O–H groups in total. The highest BCUT2D eigenvalue weighted by atomic mass is 32.3. The van der Waals surface area contributed by atoms with Gasteiger partial charge in [0.15, 0.2) is 0 Å². The topological polar surface area (TPSA) is 98.2 Å². The fraction of sp³-hybridized carbons (Fsp3) is 0.333. The average Bonchev–Trinajstić information content (AvgIpc) is 2.13. The molecule has 10 heavy (non-hydrogen) atoms. The molecule has 1 atom stereocenters. The first-order chi connectivity index (χ1) is 4.46. The van der Waals surface area contributed by atoms with Crippen LogP contribution in [-0.4, -0.2) is 12.7 Å². The van der Waals surface area contributed by atoms with Gasteiger partial charge < -0.3 is 5.32 Å². The zero-order valence-corrected chi connectivity index (χ0v) is 6.58. The highest BCUT2D eigenvalue weighted by Crippen LogP contribution is 2.26. The van der Waals surface area contributed by atoms with Gasteiger partial charge in [-0.25, -0.2) is 13.6 Å². The second-order valence-corrected chi connectivity index (χ2v) is 4.92. The molecule has 1 aliphatic heterocycles. The minimum atomic E-state index is -3.73. The predicted octanol–water partition coefficient (Wildman–Crippen LogP) is -1.35. The van der Waals surface area contributed by atoms with Crippen molar-refractivity contribution in [2.24, 2.45) is 10.9 Å². The van der Waals surface area contributed by atoms with Gasteiger partial charge in [0.25, 0.3) is 14.4 Å². The molecule has 0 aromatic heterocycles. The molecule has 0 amide bonds. The summed E-state index contributed by atoms with van der Waals surface area (Å²) in [5.41, 5.74) is 5.31. The van der Waals surface area contributed by atoms with E-state index in [0.717, 1.165) is 11.8 Å². The molecule has 1 heterocycles. The first-order valence-electron chi connectivity index (χ1n) is 2.37. The largest absolute Gasteiger partial charge is 0.351 e. The number of sulfonamides is 1. The second-order valence-electron chi connectivity index (χ2n) is 1.78. The summed E-state index contributed by atoms with van der Waals surface area (Å²) in [5, 5.41) is 8.75. The van der Waals surface area contributed by atoms with E-state index in [1.165, 1.54) is 11.6 Å². The molecular weight excluding hydrogens is 174 g/mol. The van der Waals surface area contributed by atoms with Crippen LogP contribution in [0.15, 0.2) is 11.6 Å². The normalized spacial score (nSPS) is 32.2. The molecule has 0 aromatic rings. The first kappa shape index (κ1) is 7.86. The van der Waals surface area contributed by atoms with E-state index < -0.39 is 14.4 Å². The van der Waals surface area contributed by atoms with Crippen LogP contribution in [0.25, 0.3) is 0 Å². The lowest BCUT2D eigenvalue weighted by Crippen LogP contribution is -2.55. The maximum atomic E-state index is 10.7. The van der Waals surface area contributed by atoms with E-state index in [9.17, 15) is 8.42 Å². The fourth-order valence-corrected chi connectivity index (χ4v) is 1.88. The number of hydrogen-bond acceptors (Lipinski definition) is 5. The molecule has 1 unspecified atom stereocenters. The van der Waals surface area contributed by atoms with Crippen LogP contribution in [-0.2, 0) is 10.0 Å². The Morgan fingerprint density at radius 3 is 2.40 bits per heavy atom. The van der Waals surface area contributed by atoms with Crippen molar-refractivity contribution in [3.63, 3.8) is 0 Å². The van der Waals surface area contributed by atoms with Gasteiger partial charge >= 0.3 is 0 Å². The average molecular weight is 181 g/mol. The van der Waals surface area contributed by atoms with E-state index in [2.05, 4.69) is 5.32 Å². The van der Waals surface area contributed by atoms with E-state index in [4.69, 9.17) is 10.9 Å². The van der Waals surface area contributed by atoms with Gasteiger partial charge in [0.05, 0.1) is 0 Å². The molecule has 0 fully saturated rings. The molecule has 0 aliphatic carbocycles. The van der Waals surface area contributed by atoms with Crippen LogP contribution < -0.4 is 16.2 Å². The Bertz CT molecular complexity index is 249. The molecule has 0 aromatic carbocycles. The summed E-state index contributed by atoms with van der Waals surface area (Å²) in [5.74, 6) is 0. The minimum absolute atomic E-state index is 0.925. The van der Waals surface area contributed by atoms with E-state index in [1.54, 1.807) is 0 Å². The van der Waals surface area contributed by atoms with E-state index in [1.807, 2.05) is 0 Å². The van der Waals surface area contributed by atoms with Crippen LogP contribution in [0.5, 0.6) is 0 Å². The Hall–Kier alpha value is -0.240. The van der Waals surface area contributed by atoms with Crippen LogP contribution in [0.2, 0.25) is 0 Å². The van der Waals surface area contributed by atoms with Crippen LogP contribution in [0.3, 0.4) is 0 Å². The summed E-state index contributed by atoms with van der Waals surface area (Å²) in [4.78, 5) is 0. The molecule has 0 radical (unpaired) electrons. The van der Waals surface area contributed by atoms with Crippen molar-refractivity contribution in [1.82, 2.24) is 5.32 Å². The summed E-state index contributed by atoms with van der Waals surface area (Å²) in [6.45, 7) is 0. The number of hydrogen-bond donors (Lipinski definition) is 3. The van der Waals surface area contributed by atoms with Gasteiger partial charge in [-0.1, -0.05) is 11.8 Å². The Kier molecular flexibility index (Phi) is 1.67. The van der Waals surface area contributed by atoms with Crippen molar-refractivity contribution in [3.8, 4) is 0 Å². The van der Waals surface area contributed by atoms with E-state index in [-0.39, 0.29) is 0 Å². The predicted molar refractivity (Wildman–Crippen MR) is 39.9 cm³/mol. The molecule has 1 rings (SSSR count). The van der Waals surface area contributed by atoms with Gasteiger partial charge in [0, 0.05) is 6.20 Å². The van der Waals surface area contributed by atoms with E-state index in [0.29, 0.717) is 0 Å². The lowest BCUT2D eigenvalue weighted by Gasteiger charge is -2.19. The lowest BCUT2D eigenvalue weighted by molar-refractivity contribution is 0.564. The molecule has 5 nitrogen and oxygen atoms in total. The third-order valence-electron chi connectivity index (χ3n) is 1.02. The molecule has 0 saturated heterocycles. The SMILES string of the molecule is NC1(S(N)(=O)=O)NC=CS1. The van der Waals surface area contributed by atoms with Gasteiger partial charge in [-0.2, -0.15) is 0 Å². The molecule has 0 bridgehead atoms. The van der Waals surface area contributed by atoms with Crippen molar-refractivity contribution in [2.45, 2.75) is 4.33 Å². The first-order valence-corrected chi connectivity index (χ1v) is 4.80. The van der Waals surface area contributed by atoms with Crippen molar-refractivity contribution < 1.29 is 8.42 Å². The summed E-state index contributed by atoms with van der Waals surface area (Å²) >= 11 is 0.925. The molecule has 1 aliphatic rings. The second kappa shape index (κ2) is 2.12. The molecule has 0 saturated carbocycles. The highest BCUT2D eigenvalue weighted by molar-refractivity contribution is 8.15. The van der Waals surface area contributed by atoms with Crippen LogP contribution in [0.4, 0.5) is 0 Å². The fourth-order valence-electron chi connectivity index (χ4n) is 0.468. The third kappa shape index (κ3) is 1.12. The monoisotopic (exact) mass is 181 g/mol. The zero-order valence-electron chi connectivity index (χ0n) is 4.94. The smallest absolute Gasteiger partial charge is 0.257 e. The lowest BCUT2D eigenvalue weighted by atomic mass is 10.9. The molecular formula is C3H7N3O2S2. The van der Waals surface area contributed by atoms with Crippen LogP contribution in [0.1, 0.15) is 0 Å². The summed E-state index contributed by atoms with van der Waals surface area (Å²) in [7, 11) is -3.73. The Balaban J connectivity index is 2.92. The Labute approximate surface area is 62.9 Å². The van der Waals surface area contributed by atoms with Gasteiger partial charge in [-0.15, -0.1) is 0 Å². The Morgan fingerprint density at radius 1 is 1.60 bits per heavy atom. The zero-order chi connectivity index (χ0) is 7.83. The van der Waals surface area contributed by atoms with Crippen molar-refractivity contribution in [3.05, 3.63) is 11.6 Å². The van der Waals surface area contributed by atoms with E-state index >= 15 is 0 Å². The number of rotatable bonds is 1. The quantitative estimate of drug-likeness (QED) is 0.464. The summed E-state index contributed by atoms with van der Waals surface area (Å²) in [6.07, 6.45) is 1.44. The molecule has 58 valence electrons. The summed E-state index contributed by atoms with van der Waals surface area (Å²) < 4.78 is 19.8.